The van der Waals surface area contributed by atoms with Crippen LogP contribution in [0.2, 0.25) is 0 Å². The molecular weight excluding hydrogens is 249 g/mol. The highest BCUT2D eigenvalue weighted by Crippen LogP contribution is 2.48. The minimum Gasteiger partial charge on any atom is -0.505 e. The van der Waals surface area contributed by atoms with Gasteiger partial charge in [0.15, 0.2) is 11.6 Å². The predicted octanol–water partition coefficient (Wildman–Crippen LogP) is 2.36. The van der Waals surface area contributed by atoms with Gasteiger partial charge in [-0.3, -0.25) is 9.59 Å². The van der Waals surface area contributed by atoms with E-state index in [4.69, 9.17) is 5.11 Å². The Hall–Kier alpha value is -1.91. The van der Waals surface area contributed by atoms with Crippen molar-refractivity contribution in [2.24, 2.45) is 5.41 Å². The zero-order valence-corrected chi connectivity index (χ0v) is 10.4. The van der Waals surface area contributed by atoms with Crippen molar-refractivity contribution in [2.45, 2.75) is 32.1 Å². The Kier molecular flexibility index (Phi) is 2.59. The molecule has 0 radical (unpaired) electrons. The molecule has 2 amide bonds. The number of carbonyl (C=O) groups excluding carboxylic acids is 2. The van der Waals surface area contributed by atoms with Crippen LogP contribution in [0.5, 0.6) is 5.75 Å². The van der Waals surface area contributed by atoms with E-state index in [1.54, 1.807) is 0 Å². The molecule has 1 heterocycles. The van der Waals surface area contributed by atoms with Crippen molar-refractivity contribution < 1.29 is 19.1 Å². The lowest BCUT2D eigenvalue weighted by atomic mass is 9.84. The van der Waals surface area contributed by atoms with E-state index in [0.717, 1.165) is 42.7 Å². The molecule has 1 aromatic carbocycles. The summed E-state index contributed by atoms with van der Waals surface area (Å²) in [5, 5.41) is 9.16. The van der Waals surface area contributed by atoms with E-state index in [9.17, 15) is 14.0 Å². The smallest absolute Gasteiger partial charge is 0.240 e. The average Bonchev–Trinajstić information content (AvgIpc) is 2.91. The number of halogens is 1. The van der Waals surface area contributed by atoms with Crippen LogP contribution in [-0.4, -0.2) is 16.9 Å². The molecule has 0 aromatic heterocycles. The first-order valence-electron chi connectivity index (χ1n) is 6.39. The standard InChI is InChI=1S/C14H14FNO3/c15-10-7-9(3-4-11(10)17)16-12(18)8-14(13(16)19)5-1-2-6-14/h3-4,7,17H,1-2,5-6,8H2. The quantitative estimate of drug-likeness (QED) is 0.791. The molecule has 1 N–H and O–H groups in total. The zero-order valence-electron chi connectivity index (χ0n) is 10.4. The molecule has 1 saturated heterocycles. The molecule has 1 spiro atoms. The molecule has 0 atom stereocenters. The first-order chi connectivity index (χ1) is 9.03. The van der Waals surface area contributed by atoms with Crippen molar-refractivity contribution in [1.29, 1.82) is 0 Å². The summed E-state index contributed by atoms with van der Waals surface area (Å²) in [6.45, 7) is 0. The Balaban J connectivity index is 1.98. The molecule has 0 bridgehead atoms. The number of phenolic OH excluding ortho intramolecular Hbond substituents is 1. The van der Waals surface area contributed by atoms with E-state index >= 15 is 0 Å². The number of hydrogen-bond acceptors (Lipinski definition) is 3. The van der Waals surface area contributed by atoms with Crippen LogP contribution in [0.3, 0.4) is 0 Å². The van der Waals surface area contributed by atoms with Gasteiger partial charge in [0.05, 0.1) is 11.1 Å². The van der Waals surface area contributed by atoms with Gasteiger partial charge in [0.2, 0.25) is 11.8 Å². The van der Waals surface area contributed by atoms with Crippen molar-refractivity contribution in [3.05, 3.63) is 24.0 Å². The number of imide groups is 1. The average molecular weight is 263 g/mol. The van der Waals surface area contributed by atoms with Crippen LogP contribution in [-0.2, 0) is 9.59 Å². The highest BCUT2D eigenvalue weighted by Gasteiger charge is 2.53. The summed E-state index contributed by atoms with van der Waals surface area (Å²) in [5.41, 5.74) is -0.361. The first kappa shape index (κ1) is 12.1. The number of anilines is 1. The maximum atomic E-state index is 13.4. The zero-order chi connectivity index (χ0) is 13.6. The van der Waals surface area contributed by atoms with Gasteiger partial charge in [0.25, 0.3) is 0 Å². The maximum Gasteiger partial charge on any atom is 0.240 e. The fourth-order valence-corrected chi connectivity index (χ4v) is 3.13. The molecular formula is C14H14FNO3. The minimum atomic E-state index is -0.828. The summed E-state index contributed by atoms with van der Waals surface area (Å²) in [6, 6.07) is 3.58. The third-order valence-electron chi connectivity index (χ3n) is 4.15. The van der Waals surface area contributed by atoms with Crippen molar-refractivity contribution >= 4 is 17.5 Å². The van der Waals surface area contributed by atoms with E-state index in [2.05, 4.69) is 0 Å². The lowest BCUT2D eigenvalue weighted by Gasteiger charge is -2.21. The van der Waals surface area contributed by atoms with Crippen molar-refractivity contribution in [2.75, 3.05) is 4.90 Å². The summed E-state index contributed by atoms with van der Waals surface area (Å²) in [5.74, 6) is -1.82. The van der Waals surface area contributed by atoms with Gasteiger partial charge < -0.3 is 5.11 Å². The molecule has 1 aliphatic heterocycles. The number of hydrogen-bond donors (Lipinski definition) is 1. The monoisotopic (exact) mass is 263 g/mol. The molecule has 19 heavy (non-hydrogen) atoms. The molecule has 1 aromatic rings. The molecule has 5 heteroatoms. The number of aromatic hydroxyl groups is 1. The van der Waals surface area contributed by atoms with Gasteiger partial charge in [-0.2, -0.15) is 0 Å². The molecule has 2 fully saturated rings. The Labute approximate surface area is 109 Å². The van der Waals surface area contributed by atoms with Crippen LogP contribution in [0.1, 0.15) is 32.1 Å². The molecule has 0 unspecified atom stereocenters. The van der Waals surface area contributed by atoms with E-state index < -0.39 is 17.0 Å². The topological polar surface area (TPSA) is 57.6 Å². The number of phenols is 1. The maximum absolute atomic E-state index is 13.4. The van der Waals surface area contributed by atoms with Gasteiger partial charge in [-0.25, -0.2) is 9.29 Å². The highest BCUT2D eigenvalue weighted by molar-refractivity contribution is 6.22. The van der Waals surface area contributed by atoms with Gasteiger partial charge in [-0.15, -0.1) is 0 Å². The van der Waals surface area contributed by atoms with Gasteiger partial charge in [-0.1, -0.05) is 12.8 Å². The normalized spacial score (nSPS) is 21.6. The fourth-order valence-electron chi connectivity index (χ4n) is 3.13. The molecule has 2 aliphatic rings. The van der Waals surface area contributed by atoms with Gasteiger partial charge in [-0.05, 0) is 25.0 Å². The van der Waals surface area contributed by atoms with E-state index in [1.807, 2.05) is 0 Å². The minimum absolute atomic E-state index is 0.203. The Morgan fingerprint density at radius 2 is 1.89 bits per heavy atom. The summed E-state index contributed by atoms with van der Waals surface area (Å²) in [4.78, 5) is 25.6. The number of carbonyl (C=O) groups is 2. The van der Waals surface area contributed by atoms with Gasteiger partial charge >= 0.3 is 0 Å². The Morgan fingerprint density at radius 3 is 2.53 bits per heavy atom. The molecule has 4 nitrogen and oxygen atoms in total. The summed E-state index contributed by atoms with van der Waals surface area (Å²) >= 11 is 0. The first-order valence-corrected chi connectivity index (χ1v) is 6.39. The number of rotatable bonds is 1. The second kappa shape index (κ2) is 4.05. The van der Waals surface area contributed by atoms with Gasteiger partial charge in [0.1, 0.15) is 0 Å². The Bertz CT molecular complexity index is 564. The molecule has 100 valence electrons. The van der Waals surface area contributed by atoms with Crippen LogP contribution >= 0.6 is 0 Å². The van der Waals surface area contributed by atoms with Crippen molar-refractivity contribution in [3.8, 4) is 5.75 Å². The van der Waals surface area contributed by atoms with Crippen molar-refractivity contribution in [3.63, 3.8) is 0 Å². The molecule has 3 rings (SSSR count). The second-order valence-corrected chi connectivity index (χ2v) is 5.33. The number of amides is 2. The largest absolute Gasteiger partial charge is 0.505 e. The fraction of sp³-hybridized carbons (Fsp3) is 0.429. The van der Waals surface area contributed by atoms with E-state index in [1.165, 1.54) is 6.07 Å². The van der Waals surface area contributed by atoms with Crippen LogP contribution in [0, 0.1) is 11.2 Å². The third kappa shape index (κ3) is 1.72. The van der Waals surface area contributed by atoms with Gasteiger partial charge in [0, 0.05) is 12.5 Å². The predicted molar refractivity (Wildman–Crippen MR) is 66.1 cm³/mol. The Morgan fingerprint density at radius 1 is 1.21 bits per heavy atom. The van der Waals surface area contributed by atoms with E-state index in [0.29, 0.717) is 0 Å². The SMILES string of the molecule is O=C1CC2(CCCC2)C(=O)N1c1ccc(O)c(F)c1. The number of nitrogens with zero attached hydrogens (tertiary/aromatic N) is 1. The van der Waals surface area contributed by atoms with Crippen LogP contribution in [0.15, 0.2) is 18.2 Å². The summed E-state index contributed by atoms with van der Waals surface area (Å²) in [6.07, 6.45) is 3.59. The van der Waals surface area contributed by atoms with E-state index in [-0.39, 0.29) is 23.9 Å². The second-order valence-electron chi connectivity index (χ2n) is 5.33. The molecule has 1 saturated carbocycles. The van der Waals surface area contributed by atoms with Crippen LogP contribution in [0.4, 0.5) is 10.1 Å². The summed E-state index contributed by atoms with van der Waals surface area (Å²) < 4.78 is 13.4. The summed E-state index contributed by atoms with van der Waals surface area (Å²) in [7, 11) is 0. The lowest BCUT2D eigenvalue weighted by Crippen LogP contribution is -2.34. The molecule has 1 aliphatic carbocycles. The van der Waals surface area contributed by atoms with Crippen LogP contribution < -0.4 is 4.90 Å². The van der Waals surface area contributed by atoms with Crippen molar-refractivity contribution in [1.82, 2.24) is 0 Å². The highest BCUT2D eigenvalue weighted by atomic mass is 19.1. The third-order valence-corrected chi connectivity index (χ3v) is 4.15. The lowest BCUT2D eigenvalue weighted by molar-refractivity contribution is -0.125. The number of benzene rings is 1. The van der Waals surface area contributed by atoms with Crippen LogP contribution in [0.25, 0.3) is 0 Å².